The third-order valence-corrected chi connectivity index (χ3v) is 6.01. The molecular weight excluding hydrogens is 392 g/mol. The van der Waals surface area contributed by atoms with Gasteiger partial charge in [0.1, 0.15) is 0 Å². The topological polar surface area (TPSA) is 60.0 Å². The number of nitrogens with one attached hydrogen (secondary N) is 1. The molecule has 1 fully saturated rings. The van der Waals surface area contributed by atoms with Gasteiger partial charge in [-0.1, -0.05) is 12.1 Å². The summed E-state index contributed by atoms with van der Waals surface area (Å²) in [5.74, 6) is 2.34. The molecule has 1 heterocycles. The van der Waals surface area contributed by atoms with Crippen molar-refractivity contribution in [2.75, 3.05) is 46.8 Å². The summed E-state index contributed by atoms with van der Waals surface area (Å²) in [5.41, 5.74) is 2.92. The molecule has 0 unspecified atom stereocenters. The Bertz CT molecular complexity index is 833. The van der Waals surface area contributed by atoms with Crippen molar-refractivity contribution in [3.05, 3.63) is 47.5 Å². The van der Waals surface area contributed by atoms with Gasteiger partial charge in [-0.25, -0.2) is 0 Å². The molecule has 1 amide bonds. The maximum Gasteiger partial charge on any atom is 0.228 e. The first-order valence-electron chi connectivity index (χ1n) is 10.9. The molecule has 0 spiro atoms. The van der Waals surface area contributed by atoms with Crippen molar-refractivity contribution in [2.24, 2.45) is 5.92 Å². The van der Waals surface area contributed by atoms with E-state index in [1.807, 2.05) is 12.1 Å². The van der Waals surface area contributed by atoms with E-state index in [0.717, 1.165) is 23.6 Å². The van der Waals surface area contributed by atoms with E-state index in [2.05, 4.69) is 29.4 Å². The van der Waals surface area contributed by atoms with Crippen molar-refractivity contribution in [1.82, 2.24) is 4.90 Å². The van der Waals surface area contributed by atoms with Gasteiger partial charge in [0.15, 0.2) is 11.5 Å². The van der Waals surface area contributed by atoms with E-state index in [9.17, 15) is 4.79 Å². The van der Waals surface area contributed by atoms with Crippen LogP contribution in [0.4, 0.5) is 5.69 Å². The molecular formula is C25H34N2O4. The number of ether oxygens (including phenoxy) is 3. The molecule has 0 atom stereocenters. The van der Waals surface area contributed by atoms with Crippen molar-refractivity contribution in [2.45, 2.75) is 32.1 Å². The molecule has 1 saturated heterocycles. The molecule has 1 aliphatic heterocycles. The Kier molecular flexibility index (Phi) is 8.18. The number of carbonyl (C=O) groups excluding carboxylic acids is 1. The van der Waals surface area contributed by atoms with Crippen molar-refractivity contribution in [1.29, 1.82) is 0 Å². The quantitative estimate of drug-likeness (QED) is 0.652. The molecule has 6 nitrogen and oxygen atoms in total. The van der Waals surface area contributed by atoms with E-state index in [-0.39, 0.29) is 12.3 Å². The fourth-order valence-corrected chi connectivity index (χ4v) is 4.10. The molecule has 0 bridgehead atoms. The number of anilines is 1. The Balaban J connectivity index is 1.53. The molecule has 3 rings (SSSR count). The average Bonchev–Trinajstić information content (AvgIpc) is 2.78. The van der Waals surface area contributed by atoms with Crippen LogP contribution < -0.4 is 19.5 Å². The Morgan fingerprint density at radius 2 is 1.58 bits per heavy atom. The summed E-state index contributed by atoms with van der Waals surface area (Å²) in [4.78, 5) is 15.0. The Morgan fingerprint density at radius 3 is 2.13 bits per heavy atom. The van der Waals surface area contributed by atoms with Gasteiger partial charge in [-0.3, -0.25) is 4.79 Å². The average molecular weight is 427 g/mol. The largest absolute Gasteiger partial charge is 0.493 e. The summed E-state index contributed by atoms with van der Waals surface area (Å²) in [6, 6.07) is 11.8. The summed E-state index contributed by atoms with van der Waals surface area (Å²) >= 11 is 0. The number of likely N-dealkylation sites (tertiary alicyclic amines) is 1. The van der Waals surface area contributed by atoms with Gasteiger partial charge in [-0.05, 0) is 87.1 Å². The second-order valence-corrected chi connectivity index (χ2v) is 8.24. The molecule has 31 heavy (non-hydrogen) atoms. The van der Waals surface area contributed by atoms with Gasteiger partial charge in [-0.15, -0.1) is 0 Å². The fourth-order valence-electron chi connectivity index (χ4n) is 4.10. The normalized spacial score (nSPS) is 14.8. The zero-order valence-electron chi connectivity index (χ0n) is 19.1. The van der Waals surface area contributed by atoms with E-state index in [1.54, 1.807) is 33.5 Å². The monoisotopic (exact) mass is 426 g/mol. The lowest BCUT2D eigenvalue weighted by molar-refractivity contribution is -0.115. The predicted octanol–water partition coefficient (Wildman–Crippen LogP) is 4.17. The highest BCUT2D eigenvalue weighted by atomic mass is 16.5. The van der Waals surface area contributed by atoms with Crippen LogP contribution in [0.15, 0.2) is 36.4 Å². The smallest absolute Gasteiger partial charge is 0.228 e. The lowest BCUT2D eigenvalue weighted by Crippen LogP contribution is -2.30. The summed E-state index contributed by atoms with van der Waals surface area (Å²) in [5, 5.41) is 2.97. The van der Waals surface area contributed by atoms with Crippen molar-refractivity contribution >= 4 is 11.6 Å². The number of benzene rings is 2. The second-order valence-electron chi connectivity index (χ2n) is 8.24. The number of hydrogen-bond donors (Lipinski definition) is 1. The molecule has 0 radical (unpaired) electrons. The first-order valence-corrected chi connectivity index (χ1v) is 10.9. The molecule has 0 aromatic heterocycles. The van der Waals surface area contributed by atoms with E-state index in [1.165, 1.54) is 37.9 Å². The maximum absolute atomic E-state index is 12.6. The Hall–Kier alpha value is -2.73. The summed E-state index contributed by atoms with van der Waals surface area (Å²) in [6.07, 6.45) is 5.14. The van der Waals surface area contributed by atoms with Gasteiger partial charge >= 0.3 is 0 Å². The number of rotatable bonds is 9. The van der Waals surface area contributed by atoms with Crippen LogP contribution in [0.3, 0.4) is 0 Å². The van der Waals surface area contributed by atoms with Crippen LogP contribution in [0.1, 0.15) is 30.4 Å². The minimum atomic E-state index is -0.0895. The summed E-state index contributed by atoms with van der Waals surface area (Å²) in [6.45, 7) is 2.42. The highest BCUT2D eigenvalue weighted by Gasteiger charge is 2.17. The summed E-state index contributed by atoms with van der Waals surface area (Å²) < 4.78 is 16.1. The van der Waals surface area contributed by atoms with E-state index >= 15 is 0 Å². The van der Waals surface area contributed by atoms with Crippen molar-refractivity contribution in [3.8, 4) is 17.2 Å². The van der Waals surface area contributed by atoms with E-state index in [4.69, 9.17) is 14.2 Å². The number of aryl methyl sites for hydroxylation is 1. The first kappa shape index (κ1) is 22.9. The van der Waals surface area contributed by atoms with Crippen molar-refractivity contribution in [3.63, 3.8) is 0 Å². The Labute approximate surface area is 185 Å². The fraction of sp³-hybridized carbons (Fsp3) is 0.480. The molecule has 6 heteroatoms. The molecule has 2 aromatic carbocycles. The predicted molar refractivity (Wildman–Crippen MR) is 123 cm³/mol. The standard InChI is InChI=1S/C25H34N2O4/c1-27-13-11-19(12-14-27)6-5-18-7-9-21(10-8-18)26-24(28)17-20-15-22(29-2)25(31-4)23(16-20)30-3/h7-10,15-16,19H,5-6,11-14,17H2,1-4H3,(H,26,28). The van der Waals surface area contributed by atoms with Crippen LogP contribution in [-0.4, -0.2) is 52.3 Å². The molecule has 168 valence electrons. The van der Waals surface area contributed by atoms with Crippen molar-refractivity contribution < 1.29 is 19.0 Å². The Morgan fingerprint density at radius 1 is 0.968 bits per heavy atom. The SMILES string of the molecule is COc1cc(CC(=O)Nc2ccc(CCC3CCN(C)CC3)cc2)cc(OC)c1OC. The van der Waals surface area contributed by atoms with Gasteiger partial charge in [0.2, 0.25) is 11.7 Å². The minimum absolute atomic E-state index is 0.0895. The number of piperidine rings is 1. The number of hydrogen-bond acceptors (Lipinski definition) is 5. The highest BCUT2D eigenvalue weighted by molar-refractivity contribution is 5.92. The van der Waals surface area contributed by atoms with Gasteiger partial charge < -0.3 is 24.4 Å². The lowest BCUT2D eigenvalue weighted by Gasteiger charge is -2.28. The first-order chi connectivity index (χ1) is 15.0. The van der Waals surface area contributed by atoms with Gasteiger partial charge in [0.25, 0.3) is 0 Å². The van der Waals surface area contributed by atoms with E-state index < -0.39 is 0 Å². The zero-order valence-corrected chi connectivity index (χ0v) is 19.1. The third kappa shape index (κ3) is 6.37. The van der Waals surface area contributed by atoms with E-state index in [0.29, 0.717) is 17.2 Å². The molecule has 0 aliphatic carbocycles. The highest BCUT2D eigenvalue weighted by Crippen LogP contribution is 2.38. The molecule has 1 aliphatic rings. The third-order valence-electron chi connectivity index (χ3n) is 6.01. The minimum Gasteiger partial charge on any atom is -0.493 e. The van der Waals surface area contributed by atoms with Crippen LogP contribution in [0, 0.1) is 5.92 Å². The number of methoxy groups -OCH3 is 3. The van der Waals surface area contributed by atoms with Gasteiger partial charge in [0, 0.05) is 5.69 Å². The van der Waals surface area contributed by atoms with Gasteiger partial charge in [-0.2, -0.15) is 0 Å². The number of nitrogens with zero attached hydrogens (tertiary/aromatic N) is 1. The van der Waals surface area contributed by atoms with Crippen LogP contribution in [0.25, 0.3) is 0 Å². The zero-order chi connectivity index (χ0) is 22.2. The summed E-state index contributed by atoms with van der Waals surface area (Å²) in [7, 11) is 6.89. The van der Waals surface area contributed by atoms with Crippen LogP contribution in [0.5, 0.6) is 17.2 Å². The second kappa shape index (κ2) is 11.0. The van der Waals surface area contributed by atoms with Crippen LogP contribution >= 0.6 is 0 Å². The van der Waals surface area contributed by atoms with Crippen LogP contribution in [-0.2, 0) is 17.6 Å². The molecule has 1 N–H and O–H groups in total. The maximum atomic E-state index is 12.6. The van der Waals surface area contributed by atoms with Gasteiger partial charge in [0.05, 0.1) is 27.8 Å². The molecule has 2 aromatic rings. The molecule has 0 saturated carbocycles. The lowest BCUT2D eigenvalue weighted by atomic mass is 9.91. The van der Waals surface area contributed by atoms with Crippen LogP contribution in [0.2, 0.25) is 0 Å². The number of amides is 1. The number of carbonyl (C=O) groups is 1.